The predicted octanol–water partition coefficient (Wildman–Crippen LogP) is 3.19. The SMILES string of the molecule is CCCC1CC1NC(=NC)N1CCN(c2ccccc2)CC1.I. The van der Waals surface area contributed by atoms with Crippen molar-refractivity contribution in [1.82, 2.24) is 10.2 Å². The highest BCUT2D eigenvalue weighted by atomic mass is 127. The first-order valence-electron chi connectivity index (χ1n) is 8.60. The summed E-state index contributed by atoms with van der Waals surface area (Å²) in [6, 6.07) is 11.4. The lowest BCUT2D eigenvalue weighted by atomic mass is 10.2. The summed E-state index contributed by atoms with van der Waals surface area (Å²) >= 11 is 0. The van der Waals surface area contributed by atoms with Crippen molar-refractivity contribution < 1.29 is 0 Å². The Morgan fingerprint density at radius 2 is 1.87 bits per heavy atom. The molecular weight excluding hydrogens is 399 g/mol. The summed E-state index contributed by atoms with van der Waals surface area (Å²) in [5.41, 5.74) is 1.33. The smallest absolute Gasteiger partial charge is 0.193 e. The maximum Gasteiger partial charge on any atom is 0.193 e. The molecule has 23 heavy (non-hydrogen) atoms. The molecule has 0 aromatic heterocycles. The van der Waals surface area contributed by atoms with E-state index >= 15 is 0 Å². The molecule has 1 aliphatic heterocycles. The van der Waals surface area contributed by atoms with Gasteiger partial charge in [0.2, 0.25) is 0 Å². The van der Waals surface area contributed by atoms with Crippen LogP contribution < -0.4 is 10.2 Å². The van der Waals surface area contributed by atoms with Crippen LogP contribution in [0.15, 0.2) is 35.3 Å². The van der Waals surface area contributed by atoms with Gasteiger partial charge in [-0.05, 0) is 30.9 Å². The van der Waals surface area contributed by atoms with Crippen molar-refractivity contribution in [1.29, 1.82) is 0 Å². The second-order valence-corrected chi connectivity index (χ2v) is 6.39. The fourth-order valence-electron chi connectivity index (χ4n) is 3.39. The van der Waals surface area contributed by atoms with Crippen LogP contribution in [0.5, 0.6) is 0 Å². The molecule has 1 aromatic rings. The largest absolute Gasteiger partial charge is 0.368 e. The van der Waals surface area contributed by atoms with Crippen LogP contribution in [0.1, 0.15) is 26.2 Å². The maximum absolute atomic E-state index is 4.50. The van der Waals surface area contributed by atoms with Gasteiger partial charge in [0, 0.05) is 45.0 Å². The molecule has 5 heteroatoms. The molecule has 3 rings (SSSR count). The van der Waals surface area contributed by atoms with E-state index in [1.54, 1.807) is 0 Å². The van der Waals surface area contributed by atoms with Gasteiger partial charge >= 0.3 is 0 Å². The van der Waals surface area contributed by atoms with E-state index in [0.717, 1.165) is 38.1 Å². The third-order valence-corrected chi connectivity index (χ3v) is 4.81. The zero-order chi connectivity index (χ0) is 15.4. The molecular formula is C18H29IN4. The van der Waals surface area contributed by atoms with Gasteiger partial charge in [0.15, 0.2) is 5.96 Å². The number of nitrogens with one attached hydrogen (secondary N) is 1. The van der Waals surface area contributed by atoms with Crippen LogP contribution >= 0.6 is 24.0 Å². The van der Waals surface area contributed by atoms with E-state index in [0.29, 0.717) is 6.04 Å². The topological polar surface area (TPSA) is 30.9 Å². The van der Waals surface area contributed by atoms with E-state index in [4.69, 9.17) is 0 Å². The highest BCUT2D eigenvalue weighted by molar-refractivity contribution is 14.0. The molecule has 2 aliphatic rings. The van der Waals surface area contributed by atoms with Gasteiger partial charge in [-0.2, -0.15) is 0 Å². The average Bonchev–Trinajstić information content (AvgIpc) is 3.32. The minimum absolute atomic E-state index is 0. The first-order chi connectivity index (χ1) is 10.8. The zero-order valence-electron chi connectivity index (χ0n) is 14.2. The number of anilines is 1. The van der Waals surface area contributed by atoms with Gasteiger partial charge in [0.05, 0.1) is 0 Å². The number of aliphatic imine (C=N–C) groups is 1. The van der Waals surface area contributed by atoms with Gasteiger partial charge in [0.1, 0.15) is 0 Å². The third kappa shape index (κ3) is 4.75. The van der Waals surface area contributed by atoms with Crippen molar-refractivity contribution in [2.75, 3.05) is 38.1 Å². The number of benzene rings is 1. The van der Waals surface area contributed by atoms with Crippen molar-refractivity contribution in [2.24, 2.45) is 10.9 Å². The van der Waals surface area contributed by atoms with E-state index in [9.17, 15) is 0 Å². The van der Waals surface area contributed by atoms with Crippen molar-refractivity contribution >= 4 is 35.6 Å². The number of piperazine rings is 1. The van der Waals surface area contributed by atoms with Crippen LogP contribution in [-0.4, -0.2) is 50.1 Å². The molecule has 1 aromatic carbocycles. The Bertz CT molecular complexity index is 497. The van der Waals surface area contributed by atoms with E-state index in [1.165, 1.54) is 24.9 Å². The van der Waals surface area contributed by atoms with Gasteiger partial charge in [-0.3, -0.25) is 4.99 Å². The molecule has 2 atom stereocenters. The quantitative estimate of drug-likeness (QED) is 0.454. The fraction of sp³-hybridized carbons (Fsp3) is 0.611. The van der Waals surface area contributed by atoms with Gasteiger partial charge in [-0.15, -0.1) is 24.0 Å². The van der Waals surface area contributed by atoms with Crippen molar-refractivity contribution in [3.05, 3.63) is 30.3 Å². The third-order valence-electron chi connectivity index (χ3n) is 4.81. The lowest BCUT2D eigenvalue weighted by Crippen LogP contribution is -2.53. The molecule has 2 fully saturated rings. The maximum atomic E-state index is 4.50. The summed E-state index contributed by atoms with van der Waals surface area (Å²) in [6.07, 6.45) is 3.95. The second kappa shape index (κ2) is 8.76. The summed E-state index contributed by atoms with van der Waals surface area (Å²) in [6.45, 7) is 6.48. The number of para-hydroxylation sites is 1. The summed E-state index contributed by atoms with van der Waals surface area (Å²) < 4.78 is 0. The van der Waals surface area contributed by atoms with Gasteiger partial charge in [0.25, 0.3) is 0 Å². The minimum atomic E-state index is 0. The molecule has 0 spiro atoms. The molecule has 1 N–H and O–H groups in total. The molecule has 1 aliphatic carbocycles. The van der Waals surface area contributed by atoms with Crippen molar-refractivity contribution in [3.63, 3.8) is 0 Å². The summed E-state index contributed by atoms with van der Waals surface area (Å²) in [5.74, 6) is 1.96. The van der Waals surface area contributed by atoms with Gasteiger partial charge in [-0.25, -0.2) is 0 Å². The zero-order valence-corrected chi connectivity index (χ0v) is 16.6. The van der Waals surface area contributed by atoms with E-state index in [1.807, 2.05) is 7.05 Å². The monoisotopic (exact) mass is 428 g/mol. The van der Waals surface area contributed by atoms with Crippen LogP contribution in [0.25, 0.3) is 0 Å². The highest BCUT2D eigenvalue weighted by Crippen LogP contribution is 2.34. The van der Waals surface area contributed by atoms with Gasteiger partial charge < -0.3 is 15.1 Å². The predicted molar refractivity (Wildman–Crippen MR) is 109 cm³/mol. The number of rotatable bonds is 4. The highest BCUT2D eigenvalue weighted by Gasteiger charge is 2.37. The molecule has 1 heterocycles. The molecule has 128 valence electrons. The molecule has 1 saturated carbocycles. The normalized spacial score (nSPS) is 24.2. The Morgan fingerprint density at radius 3 is 2.48 bits per heavy atom. The van der Waals surface area contributed by atoms with Crippen LogP contribution in [0, 0.1) is 5.92 Å². The Hall–Kier alpha value is -0.980. The van der Waals surface area contributed by atoms with Crippen LogP contribution in [-0.2, 0) is 0 Å². The number of hydrogen-bond acceptors (Lipinski definition) is 2. The first kappa shape index (κ1) is 18.4. The molecule has 4 nitrogen and oxygen atoms in total. The fourth-order valence-corrected chi connectivity index (χ4v) is 3.39. The van der Waals surface area contributed by atoms with Crippen LogP contribution in [0.2, 0.25) is 0 Å². The number of hydrogen-bond donors (Lipinski definition) is 1. The first-order valence-corrected chi connectivity index (χ1v) is 8.60. The Morgan fingerprint density at radius 1 is 1.17 bits per heavy atom. The van der Waals surface area contributed by atoms with Crippen molar-refractivity contribution in [3.8, 4) is 0 Å². The summed E-state index contributed by atoms with van der Waals surface area (Å²) in [5, 5.41) is 3.66. The Kier molecular flexibility index (Phi) is 6.99. The number of halogens is 1. The van der Waals surface area contributed by atoms with E-state index in [-0.39, 0.29) is 24.0 Å². The minimum Gasteiger partial charge on any atom is -0.368 e. The average molecular weight is 428 g/mol. The van der Waals surface area contributed by atoms with Crippen molar-refractivity contribution in [2.45, 2.75) is 32.2 Å². The standard InChI is InChI=1S/C18H28N4.HI/c1-3-7-15-14-17(15)20-18(19-2)22-12-10-21(11-13-22)16-8-5-4-6-9-16;/h4-6,8-9,15,17H,3,7,10-14H2,1-2H3,(H,19,20);1H. The number of guanidine groups is 1. The second-order valence-electron chi connectivity index (χ2n) is 6.39. The molecule has 1 saturated heterocycles. The summed E-state index contributed by atoms with van der Waals surface area (Å²) in [7, 11) is 1.91. The van der Waals surface area contributed by atoms with E-state index < -0.39 is 0 Å². The molecule has 0 amide bonds. The van der Waals surface area contributed by atoms with Crippen LogP contribution in [0.3, 0.4) is 0 Å². The molecule has 2 unspecified atom stereocenters. The summed E-state index contributed by atoms with van der Waals surface area (Å²) in [4.78, 5) is 9.36. The van der Waals surface area contributed by atoms with Gasteiger partial charge in [-0.1, -0.05) is 31.5 Å². The molecule has 0 radical (unpaired) electrons. The van der Waals surface area contributed by atoms with Crippen LogP contribution in [0.4, 0.5) is 5.69 Å². The van der Waals surface area contributed by atoms with E-state index in [2.05, 4.69) is 57.4 Å². The number of nitrogens with zero attached hydrogens (tertiary/aromatic N) is 3. The molecule has 0 bridgehead atoms. The Balaban J connectivity index is 0.00000192. The lowest BCUT2D eigenvalue weighted by molar-refractivity contribution is 0.371. The lowest BCUT2D eigenvalue weighted by Gasteiger charge is -2.37. The Labute approximate surface area is 157 Å².